The van der Waals surface area contributed by atoms with E-state index in [2.05, 4.69) is 4.98 Å². The van der Waals surface area contributed by atoms with Crippen LogP contribution < -0.4 is 5.73 Å². The Balaban J connectivity index is 1.67. The number of thiazole rings is 1. The molecule has 18 heavy (non-hydrogen) atoms. The van der Waals surface area contributed by atoms with E-state index in [0.717, 1.165) is 12.1 Å². The van der Waals surface area contributed by atoms with Crippen LogP contribution in [0.1, 0.15) is 25.0 Å². The SMILES string of the molecule is CN(Cc1cscn1)C(=O)C1C2CCC(C2)C1N. The fraction of sp³-hybridized carbons (Fsp3) is 0.692. The molecule has 1 heterocycles. The molecule has 0 aromatic carbocycles. The number of amides is 1. The highest BCUT2D eigenvalue weighted by molar-refractivity contribution is 7.07. The molecular formula is C13H19N3OS. The van der Waals surface area contributed by atoms with Gasteiger partial charge in [-0.25, -0.2) is 4.98 Å². The number of rotatable bonds is 3. The van der Waals surface area contributed by atoms with E-state index in [1.807, 2.05) is 12.4 Å². The molecule has 0 aliphatic heterocycles. The van der Waals surface area contributed by atoms with Crippen molar-refractivity contribution in [1.29, 1.82) is 0 Å². The number of carbonyl (C=O) groups is 1. The van der Waals surface area contributed by atoms with Crippen LogP contribution in [-0.2, 0) is 11.3 Å². The van der Waals surface area contributed by atoms with Crippen LogP contribution in [0.4, 0.5) is 0 Å². The lowest BCUT2D eigenvalue weighted by molar-refractivity contribution is -0.137. The van der Waals surface area contributed by atoms with Gasteiger partial charge in [-0.1, -0.05) is 0 Å². The Bertz CT molecular complexity index is 431. The zero-order valence-electron chi connectivity index (χ0n) is 10.6. The lowest BCUT2D eigenvalue weighted by atomic mass is 9.84. The first-order chi connectivity index (χ1) is 8.66. The Labute approximate surface area is 111 Å². The summed E-state index contributed by atoms with van der Waals surface area (Å²) in [6, 6.07) is 0.0779. The Morgan fingerprint density at radius 2 is 2.33 bits per heavy atom. The molecule has 2 aliphatic carbocycles. The first-order valence-corrected chi connectivity index (χ1v) is 7.48. The number of aromatic nitrogens is 1. The predicted molar refractivity (Wildman–Crippen MR) is 70.9 cm³/mol. The van der Waals surface area contributed by atoms with Crippen molar-refractivity contribution >= 4 is 17.2 Å². The molecular weight excluding hydrogens is 246 g/mol. The van der Waals surface area contributed by atoms with Gasteiger partial charge in [0.15, 0.2) is 0 Å². The quantitative estimate of drug-likeness (QED) is 0.900. The highest BCUT2D eigenvalue weighted by Crippen LogP contribution is 2.48. The molecule has 4 unspecified atom stereocenters. The molecule has 2 saturated carbocycles. The summed E-state index contributed by atoms with van der Waals surface area (Å²) in [5, 5.41) is 1.99. The summed E-state index contributed by atoms with van der Waals surface area (Å²) in [4.78, 5) is 18.5. The van der Waals surface area contributed by atoms with Crippen LogP contribution in [0.25, 0.3) is 0 Å². The number of fused-ring (bicyclic) bond motifs is 2. The molecule has 1 aromatic heterocycles. The van der Waals surface area contributed by atoms with Gasteiger partial charge in [0.2, 0.25) is 5.91 Å². The van der Waals surface area contributed by atoms with Gasteiger partial charge in [0.25, 0.3) is 0 Å². The minimum absolute atomic E-state index is 0.0485. The number of hydrogen-bond donors (Lipinski definition) is 1. The summed E-state index contributed by atoms with van der Waals surface area (Å²) < 4.78 is 0. The van der Waals surface area contributed by atoms with Crippen molar-refractivity contribution in [3.63, 3.8) is 0 Å². The average molecular weight is 265 g/mol. The number of hydrogen-bond acceptors (Lipinski definition) is 4. The molecule has 2 aliphatic rings. The minimum atomic E-state index is 0.0485. The largest absolute Gasteiger partial charge is 0.340 e. The molecule has 4 atom stereocenters. The molecule has 3 rings (SSSR count). The van der Waals surface area contributed by atoms with Gasteiger partial charge >= 0.3 is 0 Å². The maximum absolute atomic E-state index is 12.5. The summed E-state index contributed by atoms with van der Waals surface area (Å²) in [5.74, 6) is 1.36. The van der Waals surface area contributed by atoms with Gasteiger partial charge in [-0.05, 0) is 31.1 Å². The van der Waals surface area contributed by atoms with Crippen molar-refractivity contribution in [3.05, 3.63) is 16.6 Å². The van der Waals surface area contributed by atoms with E-state index < -0.39 is 0 Å². The zero-order valence-corrected chi connectivity index (χ0v) is 11.4. The molecule has 5 heteroatoms. The van der Waals surface area contributed by atoms with Crippen LogP contribution in [-0.4, -0.2) is 28.9 Å². The van der Waals surface area contributed by atoms with Gasteiger partial charge in [0.05, 0.1) is 23.7 Å². The van der Waals surface area contributed by atoms with Crippen molar-refractivity contribution < 1.29 is 4.79 Å². The number of nitrogens with zero attached hydrogens (tertiary/aromatic N) is 2. The highest BCUT2D eigenvalue weighted by atomic mass is 32.1. The van der Waals surface area contributed by atoms with Gasteiger partial charge in [-0.3, -0.25) is 4.79 Å². The molecule has 1 amide bonds. The standard InChI is InChI=1S/C13H19N3OS/c1-16(5-10-6-18-7-15-10)13(17)11-8-2-3-9(4-8)12(11)14/h6-9,11-12H,2-5,14H2,1H3. The maximum atomic E-state index is 12.5. The zero-order chi connectivity index (χ0) is 12.7. The Morgan fingerprint density at radius 3 is 2.94 bits per heavy atom. The second-order valence-electron chi connectivity index (χ2n) is 5.61. The molecule has 0 radical (unpaired) electrons. The van der Waals surface area contributed by atoms with E-state index in [1.54, 1.807) is 21.7 Å². The first-order valence-electron chi connectivity index (χ1n) is 6.54. The first kappa shape index (κ1) is 12.1. The molecule has 2 bridgehead atoms. The van der Waals surface area contributed by atoms with Crippen molar-refractivity contribution in [2.24, 2.45) is 23.5 Å². The lowest BCUT2D eigenvalue weighted by Gasteiger charge is -2.30. The highest BCUT2D eigenvalue weighted by Gasteiger charge is 2.49. The van der Waals surface area contributed by atoms with Crippen LogP contribution in [0, 0.1) is 17.8 Å². The van der Waals surface area contributed by atoms with E-state index in [4.69, 9.17) is 5.73 Å². The predicted octanol–water partition coefficient (Wildman–Crippen LogP) is 1.47. The van der Waals surface area contributed by atoms with E-state index in [1.165, 1.54) is 12.8 Å². The van der Waals surface area contributed by atoms with Gasteiger partial charge in [-0.2, -0.15) is 0 Å². The van der Waals surface area contributed by atoms with Crippen LogP contribution in [0.3, 0.4) is 0 Å². The molecule has 4 nitrogen and oxygen atoms in total. The Hall–Kier alpha value is -0.940. The van der Waals surface area contributed by atoms with Crippen LogP contribution in [0.5, 0.6) is 0 Å². The van der Waals surface area contributed by atoms with Crippen molar-refractivity contribution in [2.75, 3.05) is 7.05 Å². The topological polar surface area (TPSA) is 59.2 Å². The molecule has 2 fully saturated rings. The van der Waals surface area contributed by atoms with Gasteiger partial charge in [0, 0.05) is 18.5 Å². The molecule has 0 saturated heterocycles. The lowest BCUT2D eigenvalue weighted by Crippen LogP contribution is -2.45. The molecule has 2 N–H and O–H groups in total. The molecule has 0 spiro atoms. The number of nitrogens with two attached hydrogens (primary N) is 1. The van der Waals surface area contributed by atoms with Crippen LogP contribution in [0.2, 0.25) is 0 Å². The summed E-state index contributed by atoms with van der Waals surface area (Å²) in [5.41, 5.74) is 8.98. The second-order valence-corrected chi connectivity index (χ2v) is 6.33. The summed E-state index contributed by atoms with van der Waals surface area (Å²) in [6.45, 7) is 0.600. The fourth-order valence-corrected chi connectivity index (χ4v) is 4.14. The third-order valence-corrected chi connectivity index (χ3v) is 5.16. The summed E-state index contributed by atoms with van der Waals surface area (Å²) in [7, 11) is 1.86. The van der Waals surface area contributed by atoms with Gasteiger partial charge in [-0.15, -0.1) is 11.3 Å². The third-order valence-electron chi connectivity index (χ3n) is 4.52. The molecule has 98 valence electrons. The smallest absolute Gasteiger partial charge is 0.227 e. The second kappa shape index (κ2) is 4.63. The Morgan fingerprint density at radius 1 is 1.56 bits per heavy atom. The number of carbonyl (C=O) groups excluding carboxylic acids is 1. The monoisotopic (exact) mass is 265 g/mol. The Kier molecular flexibility index (Phi) is 3.11. The van der Waals surface area contributed by atoms with Crippen molar-refractivity contribution in [2.45, 2.75) is 31.8 Å². The average Bonchev–Trinajstić information content (AvgIpc) is 3.04. The minimum Gasteiger partial charge on any atom is -0.340 e. The van der Waals surface area contributed by atoms with Crippen LogP contribution >= 0.6 is 11.3 Å². The van der Waals surface area contributed by atoms with Gasteiger partial charge in [0.1, 0.15) is 0 Å². The van der Waals surface area contributed by atoms with E-state index in [9.17, 15) is 4.79 Å². The van der Waals surface area contributed by atoms with Crippen molar-refractivity contribution in [1.82, 2.24) is 9.88 Å². The van der Waals surface area contributed by atoms with E-state index >= 15 is 0 Å². The third kappa shape index (κ3) is 1.95. The fourth-order valence-electron chi connectivity index (χ4n) is 3.59. The van der Waals surface area contributed by atoms with Gasteiger partial charge < -0.3 is 10.6 Å². The maximum Gasteiger partial charge on any atom is 0.227 e. The summed E-state index contributed by atoms with van der Waals surface area (Å²) >= 11 is 1.56. The normalized spacial score (nSPS) is 33.9. The van der Waals surface area contributed by atoms with E-state index in [-0.39, 0.29) is 17.9 Å². The van der Waals surface area contributed by atoms with E-state index in [0.29, 0.717) is 18.4 Å². The van der Waals surface area contributed by atoms with Crippen LogP contribution in [0.15, 0.2) is 10.9 Å². The van der Waals surface area contributed by atoms with Crippen molar-refractivity contribution in [3.8, 4) is 0 Å². The summed E-state index contributed by atoms with van der Waals surface area (Å²) in [6.07, 6.45) is 3.55. The molecule has 1 aromatic rings.